The van der Waals surface area contributed by atoms with E-state index in [1.54, 1.807) is 36.4 Å². The third kappa shape index (κ3) is 6.42. The van der Waals surface area contributed by atoms with E-state index in [-0.39, 0.29) is 34.8 Å². The summed E-state index contributed by atoms with van der Waals surface area (Å²) in [7, 11) is 1.44. The number of methoxy groups -OCH3 is 1. The van der Waals surface area contributed by atoms with Crippen LogP contribution in [0.1, 0.15) is 32.3 Å². The molecule has 0 aliphatic heterocycles. The molecule has 2 atom stereocenters. The lowest BCUT2D eigenvalue weighted by Gasteiger charge is -2.48. The zero-order valence-electron chi connectivity index (χ0n) is 25.4. The van der Waals surface area contributed by atoms with Gasteiger partial charge in [-0.15, -0.1) is 0 Å². The van der Waals surface area contributed by atoms with Crippen LogP contribution in [0.5, 0.6) is 23.0 Å². The molecule has 4 aromatic carbocycles. The van der Waals surface area contributed by atoms with Crippen LogP contribution in [0.2, 0.25) is 0 Å². The van der Waals surface area contributed by atoms with Gasteiger partial charge in [-0.2, -0.15) is 0 Å². The third-order valence-corrected chi connectivity index (χ3v) is 7.92. The second kappa shape index (κ2) is 14.4. The quantitative estimate of drug-likeness (QED) is 0.129. The van der Waals surface area contributed by atoms with Crippen molar-refractivity contribution in [3.05, 3.63) is 143 Å². The first kappa shape index (κ1) is 32.4. The van der Waals surface area contributed by atoms with Crippen molar-refractivity contribution in [2.75, 3.05) is 13.7 Å². The van der Waals surface area contributed by atoms with Crippen molar-refractivity contribution in [1.82, 2.24) is 0 Å². The summed E-state index contributed by atoms with van der Waals surface area (Å²) in [5, 5.41) is -0.0565. The van der Waals surface area contributed by atoms with Gasteiger partial charge in [-0.1, -0.05) is 98.2 Å². The number of rotatable bonds is 13. The highest BCUT2D eigenvalue weighted by molar-refractivity contribution is 9.06. The second-order valence-corrected chi connectivity index (χ2v) is 11.0. The molecule has 0 amide bonds. The first-order valence-corrected chi connectivity index (χ1v) is 15.5. The minimum Gasteiger partial charge on any atom is -0.487 e. The average Bonchev–Trinajstić information content (AvgIpc) is 3.07. The van der Waals surface area contributed by atoms with Gasteiger partial charge in [0.15, 0.2) is 10.8 Å². The summed E-state index contributed by atoms with van der Waals surface area (Å²) in [6, 6.07) is 35.0. The summed E-state index contributed by atoms with van der Waals surface area (Å²) in [6.45, 7) is 6.20. The maximum atomic E-state index is 7.48. The van der Waals surface area contributed by atoms with E-state index >= 15 is 0 Å². The maximum absolute atomic E-state index is 7.48. The van der Waals surface area contributed by atoms with Gasteiger partial charge in [-0.3, -0.25) is 3.83 Å². The van der Waals surface area contributed by atoms with Gasteiger partial charge in [-0.05, 0) is 60.9 Å². The van der Waals surface area contributed by atoms with Crippen LogP contribution in [0.15, 0.2) is 138 Å². The monoisotopic (exact) mass is 692 g/mol. The second-order valence-electron chi connectivity index (χ2n) is 10.3. The van der Waals surface area contributed by atoms with E-state index in [4.69, 9.17) is 43.9 Å². The highest BCUT2D eigenvalue weighted by Gasteiger charge is 2.71. The van der Waals surface area contributed by atoms with Crippen molar-refractivity contribution in [2.24, 2.45) is 0 Å². The van der Waals surface area contributed by atoms with Gasteiger partial charge in [0, 0.05) is 7.11 Å². The molecule has 45 heavy (non-hydrogen) atoms. The molecule has 0 bridgehead atoms. The molecule has 0 saturated carbocycles. The Hall–Kier alpha value is -3.95. The molecular formula is C36H34BrClO7. The molecule has 0 fully saturated rings. The molecule has 234 valence electrons. The molecule has 7 nitrogen and oxygen atoms in total. The van der Waals surface area contributed by atoms with Gasteiger partial charge in [0.25, 0.3) is 0 Å². The first-order valence-electron chi connectivity index (χ1n) is 14.5. The zero-order chi connectivity index (χ0) is 31.9. The predicted octanol–water partition coefficient (Wildman–Crippen LogP) is 9.50. The topological polar surface area (TPSA) is 64.6 Å². The summed E-state index contributed by atoms with van der Waals surface area (Å²) in [5.74, 6) is -2.02. The fourth-order valence-corrected chi connectivity index (χ4v) is 5.76. The summed E-state index contributed by atoms with van der Waals surface area (Å²) in [6.07, 6.45) is 0. The molecule has 4 aromatic rings. The summed E-state index contributed by atoms with van der Waals surface area (Å²) >= 11 is 10.7. The Morgan fingerprint density at radius 3 is 1.73 bits per heavy atom. The number of hydrogen-bond acceptors (Lipinski definition) is 7. The van der Waals surface area contributed by atoms with E-state index in [0.29, 0.717) is 23.0 Å². The van der Waals surface area contributed by atoms with Gasteiger partial charge >= 0.3 is 11.6 Å². The maximum Gasteiger partial charge on any atom is 0.357 e. The van der Waals surface area contributed by atoms with Crippen LogP contribution in [0.3, 0.4) is 0 Å². The summed E-state index contributed by atoms with van der Waals surface area (Å²) in [5.41, 5.74) is 0.896. The van der Waals surface area contributed by atoms with E-state index in [2.05, 4.69) is 30.1 Å². The normalized spacial score (nSPS) is 19.8. The van der Waals surface area contributed by atoms with E-state index in [1.165, 1.54) is 7.11 Å². The Balaban J connectivity index is 1.87. The third-order valence-electron chi connectivity index (χ3n) is 7.04. The molecule has 0 spiro atoms. The van der Waals surface area contributed by atoms with Gasteiger partial charge in [-0.25, -0.2) is 0 Å². The minimum absolute atomic E-state index is 0.0308. The number of para-hydroxylation sites is 4. The van der Waals surface area contributed by atoms with Gasteiger partial charge < -0.3 is 28.4 Å². The lowest BCUT2D eigenvalue weighted by Crippen LogP contribution is -2.67. The van der Waals surface area contributed by atoms with Gasteiger partial charge in [0.1, 0.15) is 39.3 Å². The van der Waals surface area contributed by atoms with Crippen LogP contribution >= 0.6 is 27.9 Å². The molecular weight excluding hydrogens is 660 g/mol. The van der Waals surface area contributed by atoms with Crippen LogP contribution in [-0.4, -0.2) is 25.3 Å². The van der Waals surface area contributed by atoms with Crippen molar-refractivity contribution in [3.63, 3.8) is 0 Å². The average molecular weight is 694 g/mol. The SMILES string of the molecule is CCOC1=C(Oc2ccccc2)C(OC)(OBr)C(Oc2ccccc2)(Oc2ccccc2C(C)C)C(Cl)=C1Oc1ccccc1. The number of hydrogen-bond donors (Lipinski definition) is 0. The van der Waals surface area contributed by atoms with Gasteiger partial charge in [0.05, 0.1) is 6.61 Å². The Morgan fingerprint density at radius 1 is 0.667 bits per heavy atom. The van der Waals surface area contributed by atoms with Gasteiger partial charge in [0.2, 0.25) is 11.5 Å². The zero-order valence-corrected chi connectivity index (χ0v) is 27.7. The van der Waals surface area contributed by atoms with Crippen LogP contribution in [0.25, 0.3) is 0 Å². The smallest absolute Gasteiger partial charge is 0.357 e. The highest BCUT2D eigenvalue weighted by atomic mass is 79.9. The van der Waals surface area contributed by atoms with E-state index in [9.17, 15) is 0 Å². The Kier molecular flexibility index (Phi) is 10.4. The van der Waals surface area contributed by atoms with Crippen LogP contribution in [0, 0.1) is 0 Å². The summed E-state index contributed by atoms with van der Waals surface area (Å²) < 4.78 is 45.5. The number of ether oxygens (including phenoxy) is 6. The van der Waals surface area contributed by atoms with Crippen molar-refractivity contribution >= 4 is 27.9 Å². The molecule has 1 aliphatic rings. The molecule has 2 unspecified atom stereocenters. The minimum atomic E-state index is -2.12. The van der Waals surface area contributed by atoms with Crippen LogP contribution in [0.4, 0.5) is 0 Å². The largest absolute Gasteiger partial charge is 0.487 e. The summed E-state index contributed by atoms with van der Waals surface area (Å²) in [4.78, 5) is 0. The molecule has 0 saturated heterocycles. The molecule has 5 rings (SSSR count). The molecule has 0 heterocycles. The van der Waals surface area contributed by atoms with E-state index in [1.807, 2.05) is 85.8 Å². The number of benzene rings is 4. The van der Waals surface area contributed by atoms with E-state index < -0.39 is 11.6 Å². The Labute approximate surface area is 277 Å². The Morgan fingerprint density at radius 2 is 1.20 bits per heavy atom. The van der Waals surface area contributed by atoms with E-state index in [0.717, 1.165) is 5.56 Å². The molecule has 0 N–H and O–H groups in total. The molecule has 9 heteroatoms. The van der Waals surface area contributed by atoms with Crippen LogP contribution in [-0.2, 0) is 13.3 Å². The number of halogens is 2. The van der Waals surface area contributed by atoms with Crippen molar-refractivity contribution < 1.29 is 32.2 Å². The lowest BCUT2D eigenvalue weighted by molar-refractivity contribution is -0.295. The van der Waals surface area contributed by atoms with Crippen molar-refractivity contribution in [1.29, 1.82) is 0 Å². The highest BCUT2D eigenvalue weighted by Crippen LogP contribution is 2.54. The lowest BCUT2D eigenvalue weighted by atomic mass is 9.93. The standard InChI is InChI=1S/C36H34BrClO7/c1-5-40-32-31(41-26-17-9-6-10-18-26)33(38)35(43-28-21-13-8-14-22-28,44-30-24-16-15-23-29(30)25(2)3)36(39-4,45-37)34(32)42-27-19-11-7-12-20-27/h6-25H,5H2,1-4H3. The molecule has 0 radical (unpaired) electrons. The van der Waals surface area contributed by atoms with Crippen molar-refractivity contribution in [3.8, 4) is 23.0 Å². The molecule has 0 aromatic heterocycles. The first-order chi connectivity index (χ1) is 21.9. The predicted molar refractivity (Wildman–Crippen MR) is 176 cm³/mol. The fourth-order valence-electron chi connectivity index (χ4n) is 4.94. The molecule has 1 aliphatic carbocycles. The Bertz CT molecular complexity index is 1620. The van der Waals surface area contributed by atoms with Crippen LogP contribution < -0.4 is 18.9 Å². The van der Waals surface area contributed by atoms with Crippen molar-refractivity contribution in [2.45, 2.75) is 38.3 Å². The fraction of sp³-hybridized carbons (Fsp3) is 0.222.